The van der Waals surface area contributed by atoms with Crippen molar-refractivity contribution in [3.63, 3.8) is 0 Å². The van der Waals surface area contributed by atoms with E-state index in [0.717, 1.165) is 11.8 Å². The highest BCUT2D eigenvalue weighted by Crippen LogP contribution is 2.08. The van der Waals surface area contributed by atoms with E-state index in [1.807, 2.05) is 19.1 Å². The lowest BCUT2D eigenvalue weighted by Gasteiger charge is -1.99. The molecule has 0 saturated carbocycles. The molecule has 0 fully saturated rings. The number of nitro groups is 1. The fraction of sp³-hybridized carbons (Fsp3) is 0.100. The van der Waals surface area contributed by atoms with Gasteiger partial charge in [-0.2, -0.15) is 0 Å². The van der Waals surface area contributed by atoms with E-state index in [2.05, 4.69) is 5.32 Å². The number of nitrogens with one attached hydrogen (secondary N) is 1. The molecule has 5 nitrogen and oxygen atoms in total. The van der Waals surface area contributed by atoms with E-state index in [1.165, 1.54) is 0 Å². The molecule has 0 bridgehead atoms. The van der Waals surface area contributed by atoms with Gasteiger partial charge in [0.1, 0.15) is 0 Å². The molecule has 1 N–H and O–H groups in total. The van der Waals surface area contributed by atoms with Crippen LogP contribution in [-0.4, -0.2) is 11.2 Å². The molecule has 0 radical (unpaired) electrons. The first kappa shape index (κ1) is 10.9. The minimum Gasteiger partial charge on any atom is -0.356 e. The van der Waals surface area contributed by atoms with Crippen molar-refractivity contribution >= 4 is 12.0 Å². The third kappa shape index (κ3) is 3.22. The lowest BCUT2D eigenvalue weighted by molar-refractivity contribution is -0.417. The number of carbonyl (C=O) groups excluding carboxylic acids is 1. The molecule has 0 aromatic heterocycles. The molecule has 1 aromatic carbocycles. The Kier molecular flexibility index (Phi) is 3.56. The normalized spacial score (nSPS) is 10.9. The topological polar surface area (TPSA) is 72.2 Å². The van der Waals surface area contributed by atoms with Crippen molar-refractivity contribution < 1.29 is 9.72 Å². The zero-order valence-electron chi connectivity index (χ0n) is 8.14. The molecule has 0 saturated heterocycles. The van der Waals surface area contributed by atoms with Crippen molar-refractivity contribution in [1.82, 2.24) is 0 Å². The van der Waals surface area contributed by atoms with Crippen LogP contribution >= 0.6 is 0 Å². The van der Waals surface area contributed by atoms with Gasteiger partial charge in [0.15, 0.2) is 0 Å². The van der Waals surface area contributed by atoms with Crippen LogP contribution in [0.3, 0.4) is 0 Å². The number of hydrogen-bond donors (Lipinski definition) is 1. The Labute approximate surface area is 86.6 Å². The summed E-state index contributed by atoms with van der Waals surface area (Å²) in [5.41, 5.74) is 1.28. The second-order valence-electron chi connectivity index (χ2n) is 2.95. The number of nitrogens with zero attached hydrogens (tertiary/aromatic N) is 1. The lowest BCUT2D eigenvalue weighted by atomic mass is 10.2. The van der Waals surface area contributed by atoms with Gasteiger partial charge in [-0.1, -0.05) is 17.7 Å². The van der Waals surface area contributed by atoms with E-state index in [4.69, 9.17) is 0 Å². The minimum absolute atomic E-state index is 0.196. The molecule has 0 spiro atoms. The predicted molar refractivity (Wildman–Crippen MR) is 55.9 cm³/mol. The summed E-state index contributed by atoms with van der Waals surface area (Å²) >= 11 is 0. The number of rotatable bonds is 4. The van der Waals surface area contributed by atoms with Crippen molar-refractivity contribution in [3.8, 4) is 0 Å². The van der Waals surface area contributed by atoms with Crippen LogP contribution in [0, 0.1) is 17.0 Å². The molecule has 78 valence electrons. The fourth-order valence-corrected chi connectivity index (χ4v) is 0.937. The zero-order valence-corrected chi connectivity index (χ0v) is 8.14. The van der Waals surface area contributed by atoms with Crippen LogP contribution in [0.5, 0.6) is 0 Å². The van der Waals surface area contributed by atoms with Crippen molar-refractivity contribution in [3.05, 3.63) is 51.8 Å². The van der Waals surface area contributed by atoms with Crippen molar-refractivity contribution in [1.29, 1.82) is 0 Å². The van der Waals surface area contributed by atoms with Gasteiger partial charge < -0.3 is 5.32 Å². The summed E-state index contributed by atoms with van der Waals surface area (Å²) in [6.07, 6.45) is 1.26. The SMILES string of the molecule is Cc1ccc(NC=C(C=O)[N+](=O)[O-])cc1. The average molecular weight is 206 g/mol. The third-order valence-electron chi connectivity index (χ3n) is 1.77. The van der Waals surface area contributed by atoms with Gasteiger partial charge in [-0.15, -0.1) is 0 Å². The maximum atomic E-state index is 10.3. The van der Waals surface area contributed by atoms with E-state index in [9.17, 15) is 14.9 Å². The van der Waals surface area contributed by atoms with Crippen molar-refractivity contribution in [2.24, 2.45) is 0 Å². The maximum Gasteiger partial charge on any atom is 0.324 e. The summed E-state index contributed by atoms with van der Waals surface area (Å²) < 4.78 is 0. The number of allylic oxidation sites excluding steroid dienone is 1. The smallest absolute Gasteiger partial charge is 0.324 e. The lowest BCUT2D eigenvalue weighted by Crippen LogP contribution is -2.02. The van der Waals surface area contributed by atoms with Gasteiger partial charge in [0, 0.05) is 5.69 Å². The highest BCUT2D eigenvalue weighted by atomic mass is 16.6. The monoisotopic (exact) mass is 206 g/mol. The van der Waals surface area contributed by atoms with Gasteiger partial charge in [-0.25, -0.2) is 0 Å². The molecule has 0 atom stereocenters. The third-order valence-corrected chi connectivity index (χ3v) is 1.77. The Morgan fingerprint density at radius 2 is 2.00 bits per heavy atom. The van der Waals surface area contributed by atoms with Gasteiger partial charge in [0.2, 0.25) is 6.29 Å². The first-order valence-corrected chi connectivity index (χ1v) is 4.26. The summed E-state index contributed by atoms with van der Waals surface area (Å²) in [6.45, 7) is 1.94. The number of benzene rings is 1. The van der Waals surface area contributed by atoms with Crippen LogP contribution in [0.4, 0.5) is 5.69 Å². The van der Waals surface area contributed by atoms with E-state index in [0.29, 0.717) is 5.69 Å². The van der Waals surface area contributed by atoms with E-state index in [-0.39, 0.29) is 6.29 Å². The Hall–Kier alpha value is -2.17. The zero-order chi connectivity index (χ0) is 11.3. The number of anilines is 1. The molecular formula is C10H10N2O3. The van der Waals surface area contributed by atoms with E-state index >= 15 is 0 Å². The standard InChI is InChI=1S/C10H10N2O3/c1-8-2-4-9(5-3-8)11-6-10(7-13)12(14)15/h2-7,11H,1H3. The molecule has 0 unspecified atom stereocenters. The fourth-order valence-electron chi connectivity index (χ4n) is 0.937. The van der Waals surface area contributed by atoms with Crippen LogP contribution in [-0.2, 0) is 4.79 Å². The van der Waals surface area contributed by atoms with Gasteiger partial charge in [0.25, 0.3) is 0 Å². The molecule has 0 amide bonds. The van der Waals surface area contributed by atoms with Crippen LogP contribution in [0.15, 0.2) is 36.2 Å². The Morgan fingerprint density at radius 1 is 1.40 bits per heavy atom. The Bertz CT molecular complexity index is 396. The van der Waals surface area contributed by atoms with Gasteiger partial charge in [-0.05, 0) is 19.1 Å². The second kappa shape index (κ2) is 4.90. The van der Waals surface area contributed by atoms with Gasteiger partial charge >= 0.3 is 5.70 Å². The van der Waals surface area contributed by atoms with Crippen molar-refractivity contribution in [2.45, 2.75) is 6.92 Å². The highest BCUT2D eigenvalue weighted by molar-refractivity contribution is 5.70. The molecule has 1 aromatic rings. The first-order chi connectivity index (χ1) is 7.13. The number of hydrogen-bond acceptors (Lipinski definition) is 4. The largest absolute Gasteiger partial charge is 0.356 e. The minimum atomic E-state index is -0.742. The molecule has 0 aliphatic heterocycles. The van der Waals surface area contributed by atoms with Crippen molar-refractivity contribution in [2.75, 3.05) is 5.32 Å². The second-order valence-corrected chi connectivity index (χ2v) is 2.95. The van der Waals surface area contributed by atoms with Crippen LogP contribution in [0.25, 0.3) is 0 Å². The molecule has 0 aliphatic rings. The molecule has 0 aliphatic carbocycles. The van der Waals surface area contributed by atoms with Crippen LogP contribution in [0.1, 0.15) is 5.56 Å². The molecular weight excluding hydrogens is 196 g/mol. The van der Waals surface area contributed by atoms with Gasteiger partial charge in [0.05, 0.1) is 11.1 Å². The van der Waals surface area contributed by atoms with Crippen LogP contribution in [0.2, 0.25) is 0 Å². The summed E-state index contributed by atoms with van der Waals surface area (Å²) in [7, 11) is 0. The predicted octanol–water partition coefficient (Wildman–Crippen LogP) is 1.72. The first-order valence-electron chi connectivity index (χ1n) is 4.26. The van der Waals surface area contributed by atoms with E-state index in [1.54, 1.807) is 12.1 Å². The Morgan fingerprint density at radius 3 is 2.47 bits per heavy atom. The molecule has 15 heavy (non-hydrogen) atoms. The molecule has 0 heterocycles. The molecule has 5 heteroatoms. The maximum absolute atomic E-state index is 10.3. The number of aryl methyl sites for hydroxylation is 1. The van der Waals surface area contributed by atoms with Crippen LogP contribution < -0.4 is 5.32 Å². The Balaban J connectivity index is 2.74. The summed E-state index contributed by atoms with van der Waals surface area (Å²) in [6, 6.07) is 7.27. The van der Waals surface area contributed by atoms with Gasteiger partial charge in [-0.3, -0.25) is 14.9 Å². The average Bonchev–Trinajstić information content (AvgIpc) is 2.21. The quantitative estimate of drug-likeness (QED) is 0.352. The highest BCUT2D eigenvalue weighted by Gasteiger charge is 2.06. The summed E-state index contributed by atoms with van der Waals surface area (Å²) in [5.74, 6) is 0. The summed E-state index contributed by atoms with van der Waals surface area (Å²) in [4.78, 5) is 19.8. The van der Waals surface area contributed by atoms with E-state index < -0.39 is 10.6 Å². The summed E-state index contributed by atoms with van der Waals surface area (Å²) in [5, 5.41) is 12.9. The molecule has 1 rings (SSSR count). The number of aldehydes is 1. The number of carbonyl (C=O) groups is 1.